The van der Waals surface area contributed by atoms with Gasteiger partial charge in [-0.1, -0.05) is 13.8 Å². The fraction of sp³-hybridized carbons (Fsp3) is 0.786. The highest BCUT2D eigenvalue weighted by molar-refractivity contribution is 7.98. The SMILES string of the molecule is CCC(CC)n1ccc(CNCCCCSC)n1. The van der Waals surface area contributed by atoms with Crippen LogP contribution in [0.3, 0.4) is 0 Å². The van der Waals surface area contributed by atoms with Gasteiger partial charge in [-0.05, 0) is 50.3 Å². The lowest BCUT2D eigenvalue weighted by molar-refractivity contribution is 0.424. The van der Waals surface area contributed by atoms with Gasteiger partial charge in [0.25, 0.3) is 0 Å². The van der Waals surface area contributed by atoms with Gasteiger partial charge in [-0.15, -0.1) is 0 Å². The Balaban J connectivity index is 2.23. The van der Waals surface area contributed by atoms with Crippen LogP contribution in [0.5, 0.6) is 0 Å². The fourth-order valence-corrected chi connectivity index (χ4v) is 2.54. The smallest absolute Gasteiger partial charge is 0.0762 e. The molecule has 0 atom stereocenters. The summed E-state index contributed by atoms with van der Waals surface area (Å²) in [6, 6.07) is 2.69. The van der Waals surface area contributed by atoms with Crippen LogP contribution in [-0.2, 0) is 6.54 Å². The Bertz CT molecular complexity index is 308. The van der Waals surface area contributed by atoms with Crippen LogP contribution < -0.4 is 5.32 Å². The van der Waals surface area contributed by atoms with Gasteiger partial charge in [0.15, 0.2) is 0 Å². The van der Waals surface area contributed by atoms with Gasteiger partial charge in [0.05, 0.1) is 11.7 Å². The zero-order valence-corrected chi connectivity index (χ0v) is 12.8. The monoisotopic (exact) mass is 269 g/mol. The molecule has 0 aliphatic heterocycles. The topological polar surface area (TPSA) is 29.9 Å². The molecule has 1 N–H and O–H groups in total. The van der Waals surface area contributed by atoms with Crippen LogP contribution in [0.1, 0.15) is 51.3 Å². The second kappa shape index (κ2) is 9.45. The van der Waals surface area contributed by atoms with Gasteiger partial charge < -0.3 is 5.32 Å². The van der Waals surface area contributed by atoms with Crippen LogP contribution in [0.4, 0.5) is 0 Å². The average molecular weight is 269 g/mol. The molecule has 4 heteroatoms. The molecule has 18 heavy (non-hydrogen) atoms. The summed E-state index contributed by atoms with van der Waals surface area (Å²) < 4.78 is 2.12. The molecule has 1 heterocycles. The minimum atomic E-state index is 0.556. The van der Waals surface area contributed by atoms with Gasteiger partial charge in [-0.2, -0.15) is 16.9 Å². The molecule has 0 aliphatic rings. The largest absolute Gasteiger partial charge is 0.311 e. The van der Waals surface area contributed by atoms with Gasteiger partial charge >= 0.3 is 0 Å². The maximum Gasteiger partial charge on any atom is 0.0762 e. The predicted octanol–water partition coefficient (Wildman–Crippen LogP) is 3.48. The molecule has 0 radical (unpaired) electrons. The fourth-order valence-electron chi connectivity index (χ4n) is 2.05. The number of hydrogen-bond donors (Lipinski definition) is 1. The first kappa shape index (κ1) is 15.6. The highest BCUT2D eigenvalue weighted by atomic mass is 32.2. The number of unbranched alkanes of at least 4 members (excludes halogenated alkanes) is 1. The van der Waals surface area contributed by atoms with E-state index in [2.05, 4.69) is 47.5 Å². The molecule has 1 rings (SSSR count). The lowest BCUT2D eigenvalue weighted by Gasteiger charge is -2.12. The number of nitrogens with zero attached hydrogens (tertiary/aromatic N) is 2. The molecule has 0 spiro atoms. The zero-order valence-electron chi connectivity index (χ0n) is 12.0. The predicted molar refractivity (Wildman–Crippen MR) is 81.2 cm³/mol. The van der Waals surface area contributed by atoms with Crippen molar-refractivity contribution < 1.29 is 0 Å². The summed E-state index contributed by atoms with van der Waals surface area (Å²) in [7, 11) is 0. The second-order valence-corrected chi connectivity index (χ2v) is 5.62. The number of hydrogen-bond acceptors (Lipinski definition) is 3. The Morgan fingerprint density at radius 3 is 2.78 bits per heavy atom. The highest BCUT2D eigenvalue weighted by Crippen LogP contribution is 2.14. The van der Waals surface area contributed by atoms with Crippen LogP contribution in [0.25, 0.3) is 0 Å². The summed E-state index contributed by atoms with van der Waals surface area (Å²) in [4.78, 5) is 0. The van der Waals surface area contributed by atoms with E-state index >= 15 is 0 Å². The molecule has 0 aliphatic carbocycles. The van der Waals surface area contributed by atoms with Gasteiger partial charge in [0, 0.05) is 12.7 Å². The average Bonchev–Trinajstić information content (AvgIpc) is 2.84. The van der Waals surface area contributed by atoms with Crippen molar-refractivity contribution in [2.24, 2.45) is 0 Å². The first-order chi connectivity index (χ1) is 8.81. The van der Waals surface area contributed by atoms with Gasteiger partial charge in [-0.3, -0.25) is 4.68 Å². The Morgan fingerprint density at radius 2 is 2.11 bits per heavy atom. The van der Waals surface area contributed by atoms with Crippen LogP contribution >= 0.6 is 11.8 Å². The molecule has 3 nitrogen and oxygen atoms in total. The third kappa shape index (κ3) is 5.44. The lowest BCUT2D eigenvalue weighted by Crippen LogP contribution is -2.16. The number of rotatable bonds is 10. The molecular formula is C14H27N3S. The molecular weight excluding hydrogens is 242 g/mol. The van der Waals surface area contributed by atoms with Crippen LogP contribution in [0, 0.1) is 0 Å². The van der Waals surface area contributed by atoms with E-state index in [1.165, 1.54) is 18.6 Å². The van der Waals surface area contributed by atoms with E-state index in [9.17, 15) is 0 Å². The van der Waals surface area contributed by atoms with Crippen molar-refractivity contribution in [2.45, 2.75) is 52.1 Å². The maximum atomic E-state index is 4.64. The standard InChI is InChI=1S/C14H27N3S/c1-4-14(5-2)17-10-8-13(16-17)12-15-9-6-7-11-18-3/h8,10,14-15H,4-7,9,11-12H2,1-3H3. The molecule has 0 unspecified atom stereocenters. The van der Waals surface area contributed by atoms with Gasteiger partial charge in [0.2, 0.25) is 0 Å². The maximum absolute atomic E-state index is 4.64. The molecule has 0 aromatic carbocycles. The van der Waals surface area contributed by atoms with Crippen LogP contribution in [0.2, 0.25) is 0 Å². The molecule has 0 bridgehead atoms. The molecule has 1 aromatic rings. The Labute approximate surface area is 116 Å². The van der Waals surface area contributed by atoms with Crippen molar-refractivity contribution in [3.8, 4) is 0 Å². The molecule has 0 saturated heterocycles. The first-order valence-electron chi connectivity index (χ1n) is 7.05. The Hall–Kier alpha value is -0.480. The third-order valence-corrected chi connectivity index (χ3v) is 3.94. The van der Waals surface area contributed by atoms with Crippen LogP contribution in [-0.4, -0.2) is 28.3 Å². The summed E-state index contributed by atoms with van der Waals surface area (Å²) >= 11 is 1.92. The minimum Gasteiger partial charge on any atom is -0.311 e. The molecule has 0 saturated carbocycles. The summed E-state index contributed by atoms with van der Waals surface area (Å²) in [6.45, 7) is 6.43. The summed E-state index contributed by atoms with van der Waals surface area (Å²) in [5.74, 6) is 1.27. The van der Waals surface area contributed by atoms with E-state index < -0.39 is 0 Å². The second-order valence-electron chi connectivity index (χ2n) is 4.63. The summed E-state index contributed by atoms with van der Waals surface area (Å²) in [6.07, 6.45) is 9.14. The number of nitrogens with one attached hydrogen (secondary N) is 1. The molecule has 0 fully saturated rings. The van der Waals surface area contributed by atoms with Crippen molar-refractivity contribution in [3.05, 3.63) is 18.0 Å². The zero-order chi connectivity index (χ0) is 13.2. The Kier molecular flexibility index (Phi) is 8.18. The van der Waals surface area contributed by atoms with Crippen molar-refractivity contribution in [3.63, 3.8) is 0 Å². The van der Waals surface area contributed by atoms with Crippen molar-refractivity contribution >= 4 is 11.8 Å². The van der Waals surface area contributed by atoms with Crippen molar-refractivity contribution in [1.29, 1.82) is 0 Å². The quantitative estimate of drug-likeness (QED) is 0.660. The number of thioether (sulfide) groups is 1. The van der Waals surface area contributed by atoms with E-state index in [0.29, 0.717) is 6.04 Å². The van der Waals surface area contributed by atoms with Gasteiger partial charge in [-0.25, -0.2) is 0 Å². The van der Waals surface area contributed by atoms with Crippen molar-refractivity contribution in [1.82, 2.24) is 15.1 Å². The minimum absolute atomic E-state index is 0.556. The summed E-state index contributed by atoms with van der Waals surface area (Å²) in [5.41, 5.74) is 1.16. The molecule has 0 amide bonds. The Morgan fingerprint density at radius 1 is 1.33 bits per heavy atom. The molecule has 104 valence electrons. The molecule has 1 aromatic heterocycles. The highest BCUT2D eigenvalue weighted by Gasteiger charge is 2.07. The van der Waals surface area contributed by atoms with Gasteiger partial charge in [0.1, 0.15) is 0 Å². The van der Waals surface area contributed by atoms with Crippen molar-refractivity contribution in [2.75, 3.05) is 18.6 Å². The third-order valence-electron chi connectivity index (χ3n) is 3.24. The normalized spacial score (nSPS) is 11.3. The van der Waals surface area contributed by atoms with Crippen LogP contribution in [0.15, 0.2) is 12.3 Å². The van der Waals surface area contributed by atoms with E-state index in [1.54, 1.807) is 0 Å². The first-order valence-corrected chi connectivity index (χ1v) is 8.44. The summed E-state index contributed by atoms with van der Waals surface area (Å²) in [5, 5.41) is 8.10. The van der Waals surface area contributed by atoms with E-state index in [0.717, 1.165) is 31.6 Å². The number of aromatic nitrogens is 2. The van der Waals surface area contributed by atoms with E-state index in [4.69, 9.17) is 0 Å². The van der Waals surface area contributed by atoms with E-state index in [1.807, 2.05) is 11.8 Å². The van der Waals surface area contributed by atoms with E-state index in [-0.39, 0.29) is 0 Å². The lowest BCUT2D eigenvalue weighted by atomic mass is 10.2.